The van der Waals surface area contributed by atoms with Crippen molar-refractivity contribution < 1.29 is 9.53 Å². The summed E-state index contributed by atoms with van der Waals surface area (Å²) in [6.45, 7) is 4.48. The van der Waals surface area contributed by atoms with Gasteiger partial charge in [-0.05, 0) is 12.1 Å². The Bertz CT molecular complexity index is 412. The Morgan fingerprint density at radius 1 is 1.22 bits per heavy atom. The molecule has 1 aromatic rings. The molecule has 0 aromatic carbocycles. The highest BCUT2D eigenvalue weighted by Gasteiger charge is 2.32. The number of amides is 1. The van der Waals surface area contributed by atoms with E-state index in [9.17, 15) is 4.79 Å². The third-order valence-electron chi connectivity index (χ3n) is 3.55. The molecule has 2 aliphatic rings. The second-order valence-electron chi connectivity index (χ2n) is 4.73. The lowest BCUT2D eigenvalue weighted by Crippen LogP contribution is -2.53. The summed E-state index contributed by atoms with van der Waals surface area (Å²) in [5.74, 6) is 1.35. The molecule has 1 aromatic heterocycles. The molecule has 5 nitrogen and oxygen atoms in total. The number of hydrogen-bond acceptors (Lipinski definition) is 4. The van der Waals surface area contributed by atoms with Crippen LogP contribution in [0.3, 0.4) is 0 Å². The first-order valence-electron chi connectivity index (χ1n) is 6.37. The van der Waals surface area contributed by atoms with Crippen LogP contribution in [0.1, 0.15) is 0 Å². The second kappa shape index (κ2) is 4.94. The minimum absolute atomic E-state index is 0.103. The van der Waals surface area contributed by atoms with Gasteiger partial charge in [0.05, 0.1) is 19.1 Å². The number of nitrogens with zero attached hydrogens (tertiary/aromatic N) is 3. The summed E-state index contributed by atoms with van der Waals surface area (Å²) in [7, 11) is 0. The van der Waals surface area contributed by atoms with Crippen molar-refractivity contribution in [2.75, 3.05) is 44.3 Å². The van der Waals surface area contributed by atoms with Crippen LogP contribution in [-0.2, 0) is 9.53 Å². The number of rotatable bonds is 2. The lowest BCUT2D eigenvalue weighted by atomic mass is 10.1. The summed E-state index contributed by atoms with van der Waals surface area (Å²) in [5, 5.41) is 0. The molecule has 0 unspecified atom stereocenters. The minimum Gasteiger partial charge on any atom is -0.380 e. The van der Waals surface area contributed by atoms with Gasteiger partial charge in [0.2, 0.25) is 5.91 Å². The van der Waals surface area contributed by atoms with Gasteiger partial charge in [0.15, 0.2) is 0 Å². The van der Waals surface area contributed by atoms with Gasteiger partial charge in [0.1, 0.15) is 5.82 Å². The van der Waals surface area contributed by atoms with Gasteiger partial charge in [-0.1, -0.05) is 6.07 Å². The Balaban J connectivity index is 1.56. The van der Waals surface area contributed by atoms with Crippen molar-refractivity contribution >= 4 is 11.7 Å². The average molecular weight is 247 g/mol. The van der Waals surface area contributed by atoms with Crippen molar-refractivity contribution in [2.24, 2.45) is 5.92 Å². The Hall–Kier alpha value is -1.62. The summed E-state index contributed by atoms with van der Waals surface area (Å²) in [4.78, 5) is 20.5. The highest BCUT2D eigenvalue weighted by molar-refractivity contribution is 5.80. The van der Waals surface area contributed by atoms with Crippen LogP contribution in [0.2, 0.25) is 0 Å². The molecule has 2 aliphatic heterocycles. The van der Waals surface area contributed by atoms with Crippen molar-refractivity contribution in [3.8, 4) is 0 Å². The molecule has 3 heterocycles. The van der Waals surface area contributed by atoms with E-state index in [1.807, 2.05) is 23.1 Å². The zero-order valence-electron chi connectivity index (χ0n) is 10.3. The van der Waals surface area contributed by atoms with E-state index in [0.717, 1.165) is 32.0 Å². The fourth-order valence-electron chi connectivity index (χ4n) is 2.33. The van der Waals surface area contributed by atoms with Gasteiger partial charge in [0, 0.05) is 32.4 Å². The molecule has 0 N–H and O–H groups in total. The quantitative estimate of drug-likeness (QED) is 0.758. The second-order valence-corrected chi connectivity index (χ2v) is 4.73. The van der Waals surface area contributed by atoms with Gasteiger partial charge in [-0.15, -0.1) is 0 Å². The van der Waals surface area contributed by atoms with Gasteiger partial charge >= 0.3 is 0 Å². The maximum absolute atomic E-state index is 12.0. The normalized spacial score (nSPS) is 20.7. The maximum Gasteiger partial charge on any atom is 0.230 e. The minimum atomic E-state index is 0.103. The van der Waals surface area contributed by atoms with E-state index in [2.05, 4.69) is 9.88 Å². The van der Waals surface area contributed by atoms with E-state index in [1.165, 1.54) is 0 Å². The molecule has 0 aliphatic carbocycles. The molecule has 2 saturated heterocycles. The smallest absolute Gasteiger partial charge is 0.230 e. The van der Waals surface area contributed by atoms with Crippen LogP contribution in [0, 0.1) is 5.92 Å². The van der Waals surface area contributed by atoms with Gasteiger partial charge in [-0.3, -0.25) is 4.79 Å². The van der Waals surface area contributed by atoms with Crippen LogP contribution < -0.4 is 4.90 Å². The number of pyridine rings is 1. The molecule has 1 amide bonds. The molecule has 96 valence electrons. The van der Waals surface area contributed by atoms with Crippen LogP contribution in [0.5, 0.6) is 0 Å². The standard InChI is InChI=1S/C13H17N3O2/c17-13(11-9-18-10-11)16-7-5-15(6-8-16)12-3-1-2-4-14-12/h1-4,11H,5-10H2. The topological polar surface area (TPSA) is 45.7 Å². The predicted octanol–water partition coefficient (Wildman–Crippen LogP) is 0.377. The lowest BCUT2D eigenvalue weighted by Gasteiger charge is -2.38. The molecule has 0 radical (unpaired) electrons. The molecule has 3 rings (SSSR count). The zero-order valence-corrected chi connectivity index (χ0v) is 10.3. The molecular formula is C13H17N3O2. The van der Waals surface area contributed by atoms with E-state index in [1.54, 1.807) is 6.20 Å². The van der Waals surface area contributed by atoms with Crippen LogP contribution in [0.15, 0.2) is 24.4 Å². The van der Waals surface area contributed by atoms with E-state index in [0.29, 0.717) is 13.2 Å². The molecule has 5 heteroatoms. The lowest BCUT2D eigenvalue weighted by molar-refractivity contribution is -0.150. The highest BCUT2D eigenvalue weighted by Crippen LogP contribution is 2.17. The fraction of sp³-hybridized carbons (Fsp3) is 0.538. The molecule has 2 fully saturated rings. The van der Waals surface area contributed by atoms with Crippen molar-refractivity contribution in [3.05, 3.63) is 24.4 Å². The van der Waals surface area contributed by atoms with E-state index in [4.69, 9.17) is 4.74 Å². The van der Waals surface area contributed by atoms with Crippen LogP contribution in [0.25, 0.3) is 0 Å². The predicted molar refractivity (Wildman–Crippen MR) is 67.3 cm³/mol. The summed E-state index contributed by atoms with van der Waals surface area (Å²) < 4.78 is 5.07. The van der Waals surface area contributed by atoms with Crippen LogP contribution >= 0.6 is 0 Å². The Kier molecular flexibility index (Phi) is 3.15. The maximum atomic E-state index is 12.0. The highest BCUT2D eigenvalue weighted by atomic mass is 16.5. The number of carbonyl (C=O) groups excluding carboxylic acids is 1. The van der Waals surface area contributed by atoms with Gasteiger partial charge in [0.25, 0.3) is 0 Å². The first-order chi connectivity index (χ1) is 8.84. The van der Waals surface area contributed by atoms with Crippen LogP contribution in [-0.4, -0.2) is 55.2 Å². The van der Waals surface area contributed by atoms with E-state index >= 15 is 0 Å². The van der Waals surface area contributed by atoms with Crippen molar-refractivity contribution in [3.63, 3.8) is 0 Å². The van der Waals surface area contributed by atoms with Gasteiger partial charge in [-0.25, -0.2) is 4.98 Å². The Morgan fingerprint density at radius 3 is 2.56 bits per heavy atom. The monoisotopic (exact) mass is 247 g/mol. The number of piperazine rings is 1. The number of carbonyl (C=O) groups is 1. The summed E-state index contributed by atoms with van der Waals surface area (Å²) in [5.41, 5.74) is 0. The Morgan fingerprint density at radius 2 is 2.00 bits per heavy atom. The third kappa shape index (κ3) is 2.18. The van der Waals surface area contributed by atoms with Gasteiger partial charge in [-0.2, -0.15) is 0 Å². The van der Waals surface area contributed by atoms with Gasteiger partial charge < -0.3 is 14.5 Å². The SMILES string of the molecule is O=C(C1COC1)N1CCN(c2ccccn2)CC1. The summed E-state index contributed by atoms with van der Waals surface area (Å²) in [6, 6.07) is 5.92. The summed E-state index contributed by atoms with van der Waals surface area (Å²) >= 11 is 0. The third-order valence-corrected chi connectivity index (χ3v) is 3.55. The van der Waals surface area contributed by atoms with Crippen LogP contribution in [0.4, 0.5) is 5.82 Å². The molecular weight excluding hydrogens is 230 g/mol. The molecule has 0 atom stereocenters. The number of aromatic nitrogens is 1. The van der Waals surface area contributed by atoms with E-state index < -0.39 is 0 Å². The molecule has 18 heavy (non-hydrogen) atoms. The number of anilines is 1. The van der Waals surface area contributed by atoms with E-state index in [-0.39, 0.29) is 11.8 Å². The number of hydrogen-bond donors (Lipinski definition) is 0. The van der Waals surface area contributed by atoms with Crippen molar-refractivity contribution in [1.29, 1.82) is 0 Å². The first kappa shape index (κ1) is 11.5. The van der Waals surface area contributed by atoms with Crippen molar-refractivity contribution in [2.45, 2.75) is 0 Å². The molecule has 0 spiro atoms. The largest absolute Gasteiger partial charge is 0.380 e. The number of ether oxygens (including phenoxy) is 1. The average Bonchev–Trinajstić information content (AvgIpc) is 2.38. The Labute approximate surface area is 106 Å². The first-order valence-corrected chi connectivity index (χ1v) is 6.37. The fourth-order valence-corrected chi connectivity index (χ4v) is 2.33. The summed E-state index contributed by atoms with van der Waals surface area (Å²) in [6.07, 6.45) is 1.80. The zero-order chi connectivity index (χ0) is 12.4. The molecule has 0 bridgehead atoms. The van der Waals surface area contributed by atoms with Crippen molar-refractivity contribution in [1.82, 2.24) is 9.88 Å². The molecule has 0 saturated carbocycles.